The van der Waals surface area contributed by atoms with Gasteiger partial charge in [-0.15, -0.1) is 0 Å². The number of hydrogen-bond acceptors (Lipinski definition) is 6. The molecule has 0 bridgehead atoms. The molecule has 8 heteroatoms. The summed E-state index contributed by atoms with van der Waals surface area (Å²) in [4.78, 5) is 23.8. The van der Waals surface area contributed by atoms with E-state index in [1.54, 1.807) is 37.3 Å². The number of fused-ring (bicyclic) bond motifs is 1. The number of ether oxygens (including phenoxy) is 2. The van der Waals surface area contributed by atoms with Crippen LogP contribution < -0.4 is 20.1 Å². The normalized spacial score (nSPS) is 14.5. The first kappa shape index (κ1) is 17.8. The molecule has 0 saturated carbocycles. The van der Waals surface area contributed by atoms with E-state index in [1.165, 1.54) is 6.26 Å². The van der Waals surface area contributed by atoms with E-state index >= 15 is 0 Å². The molecule has 1 aliphatic heterocycles. The van der Waals surface area contributed by atoms with Crippen molar-refractivity contribution in [2.45, 2.75) is 25.5 Å². The summed E-state index contributed by atoms with van der Waals surface area (Å²) in [5.41, 5.74) is -0.453. The van der Waals surface area contributed by atoms with Crippen LogP contribution in [-0.2, 0) is 22.6 Å². The predicted octanol–water partition coefficient (Wildman–Crippen LogP) is 0.734. The third-order valence-electron chi connectivity index (χ3n) is 3.86. The molecule has 1 unspecified atom stereocenters. The molecule has 26 heavy (non-hydrogen) atoms. The van der Waals surface area contributed by atoms with Gasteiger partial charge in [-0.25, -0.2) is 0 Å². The van der Waals surface area contributed by atoms with Crippen molar-refractivity contribution in [3.8, 4) is 11.5 Å². The second kappa shape index (κ2) is 7.49. The van der Waals surface area contributed by atoms with Gasteiger partial charge in [-0.2, -0.15) is 0 Å². The first-order valence-corrected chi connectivity index (χ1v) is 8.12. The van der Waals surface area contributed by atoms with Crippen LogP contribution in [0.25, 0.3) is 0 Å². The lowest BCUT2D eigenvalue weighted by Crippen LogP contribution is -2.47. The number of benzene rings is 1. The van der Waals surface area contributed by atoms with E-state index in [-0.39, 0.29) is 26.3 Å². The topological polar surface area (TPSA) is 110 Å². The Hall–Kier alpha value is -3.00. The number of carbonyl (C=O) groups is 2. The van der Waals surface area contributed by atoms with Gasteiger partial charge in [0.2, 0.25) is 6.79 Å². The molecule has 2 aromatic rings. The Labute approximate surface area is 150 Å². The zero-order valence-electron chi connectivity index (χ0n) is 14.3. The number of carbonyl (C=O) groups excluding carboxylic acids is 2. The van der Waals surface area contributed by atoms with Crippen LogP contribution in [0.15, 0.2) is 41.0 Å². The smallest absolute Gasteiger partial charge is 0.309 e. The molecule has 1 aromatic carbocycles. The van der Waals surface area contributed by atoms with Crippen LogP contribution in [0.3, 0.4) is 0 Å². The van der Waals surface area contributed by atoms with Gasteiger partial charge in [-0.1, -0.05) is 6.07 Å². The molecule has 3 N–H and O–H groups in total. The van der Waals surface area contributed by atoms with Crippen LogP contribution in [0.4, 0.5) is 0 Å². The van der Waals surface area contributed by atoms with Gasteiger partial charge in [0, 0.05) is 19.5 Å². The van der Waals surface area contributed by atoms with E-state index in [2.05, 4.69) is 10.6 Å². The second-order valence-corrected chi connectivity index (χ2v) is 6.31. The van der Waals surface area contributed by atoms with Crippen LogP contribution in [-0.4, -0.2) is 35.9 Å². The zero-order valence-corrected chi connectivity index (χ0v) is 14.3. The molecule has 8 nitrogen and oxygen atoms in total. The van der Waals surface area contributed by atoms with Crippen molar-refractivity contribution in [2.75, 3.05) is 13.3 Å². The molecule has 1 atom stereocenters. The summed E-state index contributed by atoms with van der Waals surface area (Å²) in [5.74, 6) is 0.255. The Balaban J connectivity index is 1.45. The summed E-state index contributed by atoms with van der Waals surface area (Å²) >= 11 is 0. The van der Waals surface area contributed by atoms with E-state index in [0.717, 1.165) is 5.56 Å². The van der Waals surface area contributed by atoms with Crippen LogP contribution in [0.1, 0.15) is 18.2 Å². The van der Waals surface area contributed by atoms with Crippen LogP contribution in [0.5, 0.6) is 11.5 Å². The van der Waals surface area contributed by atoms with E-state index in [1.807, 2.05) is 0 Å². The summed E-state index contributed by atoms with van der Waals surface area (Å²) in [6, 6.07) is 8.71. The predicted molar refractivity (Wildman–Crippen MR) is 90.5 cm³/mol. The summed E-state index contributed by atoms with van der Waals surface area (Å²) < 4.78 is 15.6. The molecule has 0 radical (unpaired) electrons. The van der Waals surface area contributed by atoms with Crippen molar-refractivity contribution < 1.29 is 28.6 Å². The molecule has 1 aliphatic rings. The average Bonchev–Trinajstić information content (AvgIpc) is 3.28. The van der Waals surface area contributed by atoms with Crippen molar-refractivity contribution in [1.29, 1.82) is 0 Å². The third-order valence-corrected chi connectivity index (χ3v) is 3.86. The molecule has 138 valence electrons. The first-order valence-electron chi connectivity index (χ1n) is 8.12. The number of rotatable bonds is 6. The van der Waals surface area contributed by atoms with Crippen LogP contribution in [0, 0.1) is 0 Å². The number of furan rings is 1. The highest BCUT2D eigenvalue weighted by Gasteiger charge is 2.25. The first-order chi connectivity index (χ1) is 12.4. The largest absolute Gasteiger partial charge is 0.469 e. The Morgan fingerprint density at radius 3 is 2.69 bits per heavy atom. The Morgan fingerprint density at radius 1 is 1.15 bits per heavy atom. The lowest BCUT2D eigenvalue weighted by molar-refractivity contribution is -0.139. The molecule has 2 amide bonds. The quantitative estimate of drug-likeness (QED) is 0.655. The van der Waals surface area contributed by atoms with Crippen LogP contribution >= 0.6 is 0 Å². The zero-order chi connectivity index (χ0) is 18.6. The minimum absolute atomic E-state index is 0.0794. The van der Waals surface area contributed by atoms with Crippen molar-refractivity contribution in [1.82, 2.24) is 10.6 Å². The highest BCUT2D eigenvalue weighted by molar-refractivity contribution is 6.35. The van der Waals surface area contributed by atoms with Gasteiger partial charge < -0.3 is 29.6 Å². The fourth-order valence-corrected chi connectivity index (χ4v) is 2.52. The average molecular weight is 360 g/mol. The molecular formula is C18H20N2O6. The monoisotopic (exact) mass is 360 g/mol. The van der Waals surface area contributed by atoms with Crippen molar-refractivity contribution in [3.05, 3.63) is 47.9 Å². The summed E-state index contributed by atoms with van der Waals surface area (Å²) in [5, 5.41) is 15.2. The summed E-state index contributed by atoms with van der Waals surface area (Å²) in [7, 11) is 0. The summed E-state index contributed by atoms with van der Waals surface area (Å²) in [6.07, 6.45) is 1.73. The third kappa shape index (κ3) is 4.54. The van der Waals surface area contributed by atoms with E-state index in [4.69, 9.17) is 13.9 Å². The molecule has 1 aromatic heterocycles. The maximum Gasteiger partial charge on any atom is 0.309 e. The lowest BCUT2D eigenvalue weighted by atomic mass is 10.0. The SMILES string of the molecule is CC(O)(CNC(=O)C(=O)NCc1ccc2c(c1)OCO2)Cc1ccco1. The minimum Gasteiger partial charge on any atom is -0.469 e. The van der Waals surface area contributed by atoms with Crippen molar-refractivity contribution in [3.63, 3.8) is 0 Å². The molecule has 0 aliphatic carbocycles. The standard InChI is InChI=1S/C18H20N2O6/c1-18(23,8-13-3-2-6-24-13)10-20-17(22)16(21)19-9-12-4-5-14-15(7-12)26-11-25-14/h2-7,23H,8-11H2,1H3,(H,19,21)(H,20,22). The van der Waals surface area contributed by atoms with Crippen molar-refractivity contribution in [2.24, 2.45) is 0 Å². The van der Waals surface area contributed by atoms with Gasteiger partial charge in [0.05, 0.1) is 11.9 Å². The highest BCUT2D eigenvalue weighted by Crippen LogP contribution is 2.32. The van der Waals surface area contributed by atoms with E-state index < -0.39 is 17.4 Å². The Bertz CT molecular complexity index is 785. The molecule has 3 rings (SSSR count). The van der Waals surface area contributed by atoms with E-state index in [0.29, 0.717) is 17.3 Å². The van der Waals surface area contributed by atoms with E-state index in [9.17, 15) is 14.7 Å². The fourth-order valence-electron chi connectivity index (χ4n) is 2.52. The second-order valence-electron chi connectivity index (χ2n) is 6.31. The maximum absolute atomic E-state index is 11.9. The lowest BCUT2D eigenvalue weighted by Gasteiger charge is -2.22. The molecular weight excluding hydrogens is 340 g/mol. The van der Waals surface area contributed by atoms with Gasteiger partial charge in [-0.3, -0.25) is 9.59 Å². The number of aliphatic hydroxyl groups is 1. The molecule has 0 saturated heterocycles. The number of amides is 2. The Morgan fingerprint density at radius 2 is 1.92 bits per heavy atom. The van der Waals surface area contributed by atoms with Gasteiger partial charge in [0.15, 0.2) is 11.5 Å². The van der Waals surface area contributed by atoms with Crippen molar-refractivity contribution >= 4 is 11.8 Å². The fraction of sp³-hybridized carbons (Fsp3) is 0.333. The van der Waals surface area contributed by atoms with Gasteiger partial charge in [-0.05, 0) is 36.8 Å². The maximum atomic E-state index is 11.9. The molecule has 0 fully saturated rings. The molecule has 0 spiro atoms. The summed E-state index contributed by atoms with van der Waals surface area (Å²) in [6.45, 7) is 1.82. The van der Waals surface area contributed by atoms with Gasteiger partial charge in [0.25, 0.3) is 0 Å². The van der Waals surface area contributed by atoms with Gasteiger partial charge in [0.1, 0.15) is 5.76 Å². The Kier molecular flexibility index (Phi) is 5.13. The number of hydrogen-bond donors (Lipinski definition) is 3. The molecule has 2 heterocycles. The number of nitrogens with one attached hydrogen (secondary N) is 2. The van der Waals surface area contributed by atoms with Crippen LogP contribution in [0.2, 0.25) is 0 Å². The highest BCUT2D eigenvalue weighted by atomic mass is 16.7. The van der Waals surface area contributed by atoms with Gasteiger partial charge >= 0.3 is 11.8 Å². The minimum atomic E-state index is -1.23.